The lowest BCUT2D eigenvalue weighted by atomic mass is 10.0. The van der Waals surface area contributed by atoms with Gasteiger partial charge >= 0.3 is 0 Å². The predicted molar refractivity (Wildman–Crippen MR) is 154 cm³/mol. The molecule has 0 unspecified atom stereocenters. The number of nitrogens with one attached hydrogen (secondary N) is 1. The van der Waals surface area contributed by atoms with Crippen LogP contribution in [0.3, 0.4) is 0 Å². The molecular weight excluding hydrogens is 532 g/mol. The number of amides is 2. The van der Waals surface area contributed by atoms with Crippen molar-refractivity contribution in [1.82, 2.24) is 10.2 Å². The van der Waals surface area contributed by atoms with Gasteiger partial charge in [0.15, 0.2) is 0 Å². The molecular formula is C29H34N4O6S. The Kier molecular flexibility index (Phi) is 10.4. The summed E-state index contributed by atoms with van der Waals surface area (Å²) in [5, 5.41) is 14.2. The molecule has 0 aliphatic heterocycles. The van der Waals surface area contributed by atoms with Crippen LogP contribution in [0, 0.1) is 17.0 Å². The van der Waals surface area contributed by atoms with E-state index in [9.17, 15) is 28.1 Å². The minimum atomic E-state index is -4.02. The number of nitro groups is 1. The molecule has 0 aromatic heterocycles. The maximum atomic E-state index is 14.0. The second-order valence-corrected chi connectivity index (χ2v) is 11.5. The third-order valence-corrected chi connectivity index (χ3v) is 7.40. The lowest BCUT2D eigenvalue weighted by Gasteiger charge is -2.33. The van der Waals surface area contributed by atoms with Crippen LogP contribution >= 0.6 is 0 Å². The summed E-state index contributed by atoms with van der Waals surface area (Å²) in [4.78, 5) is 39.6. The minimum absolute atomic E-state index is 0.0180. The average molecular weight is 567 g/mol. The summed E-state index contributed by atoms with van der Waals surface area (Å²) in [7, 11) is -4.02. The first kappa shape index (κ1) is 30.3. The highest BCUT2D eigenvalue weighted by atomic mass is 32.2. The summed E-state index contributed by atoms with van der Waals surface area (Å²) < 4.78 is 26.5. The number of non-ortho nitro benzene ring substituents is 1. The van der Waals surface area contributed by atoms with Gasteiger partial charge in [-0.1, -0.05) is 73.2 Å². The Bertz CT molecular complexity index is 1450. The Labute approximate surface area is 234 Å². The Balaban J connectivity index is 2.06. The SMILES string of the molecule is CCCNC(=O)[C@H](Cc1ccccc1)N(Cc1cccc(C)c1)C(=O)CN(c1cccc([N+](=O)[O-])c1)S(C)(=O)=O. The fraction of sp³-hybridized carbons (Fsp3) is 0.310. The normalized spacial score (nSPS) is 11.9. The van der Waals surface area contributed by atoms with Crippen molar-refractivity contribution in [3.05, 3.63) is 106 Å². The smallest absolute Gasteiger partial charge is 0.271 e. The summed E-state index contributed by atoms with van der Waals surface area (Å²) in [6, 6.07) is 20.9. The highest BCUT2D eigenvalue weighted by molar-refractivity contribution is 7.92. The highest BCUT2D eigenvalue weighted by Gasteiger charge is 2.33. The van der Waals surface area contributed by atoms with E-state index >= 15 is 0 Å². The van der Waals surface area contributed by atoms with Gasteiger partial charge in [0.25, 0.3) is 5.69 Å². The van der Waals surface area contributed by atoms with E-state index in [1.807, 2.05) is 68.4 Å². The Hall–Kier alpha value is -4.25. The van der Waals surface area contributed by atoms with Crippen molar-refractivity contribution in [3.8, 4) is 0 Å². The molecule has 10 nitrogen and oxygen atoms in total. The summed E-state index contributed by atoms with van der Waals surface area (Å²) in [5.74, 6) is -0.973. The van der Waals surface area contributed by atoms with Gasteiger partial charge in [-0.2, -0.15) is 0 Å². The molecule has 11 heteroatoms. The summed E-state index contributed by atoms with van der Waals surface area (Å²) in [5.41, 5.74) is 2.25. The van der Waals surface area contributed by atoms with Crippen molar-refractivity contribution in [2.45, 2.75) is 39.3 Å². The summed E-state index contributed by atoms with van der Waals surface area (Å²) >= 11 is 0. The van der Waals surface area contributed by atoms with Gasteiger partial charge in [-0.3, -0.25) is 24.0 Å². The number of anilines is 1. The largest absolute Gasteiger partial charge is 0.354 e. The number of benzene rings is 3. The molecule has 0 saturated heterocycles. The highest BCUT2D eigenvalue weighted by Crippen LogP contribution is 2.24. The van der Waals surface area contributed by atoms with Crippen LogP contribution in [-0.2, 0) is 32.6 Å². The van der Waals surface area contributed by atoms with Crippen molar-refractivity contribution < 1.29 is 22.9 Å². The number of carbonyl (C=O) groups excluding carboxylic acids is 2. The van der Waals surface area contributed by atoms with Crippen LogP contribution in [0.2, 0.25) is 0 Å². The van der Waals surface area contributed by atoms with Crippen molar-refractivity contribution in [1.29, 1.82) is 0 Å². The van der Waals surface area contributed by atoms with Gasteiger partial charge in [-0.25, -0.2) is 8.42 Å². The first-order chi connectivity index (χ1) is 19.0. The van der Waals surface area contributed by atoms with Crippen molar-refractivity contribution in [2.75, 3.05) is 23.7 Å². The quantitative estimate of drug-likeness (QED) is 0.247. The monoisotopic (exact) mass is 566 g/mol. The van der Waals surface area contributed by atoms with E-state index in [4.69, 9.17) is 0 Å². The molecule has 212 valence electrons. The van der Waals surface area contributed by atoms with Crippen LogP contribution < -0.4 is 9.62 Å². The second kappa shape index (κ2) is 13.7. The minimum Gasteiger partial charge on any atom is -0.354 e. The molecule has 0 heterocycles. The van der Waals surface area contributed by atoms with Crippen molar-refractivity contribution in [3.63, 3.8) is 0 Å². The number of aryl methyl sites for hydroxylation is 1. The van der Waals surface area contributed by atoms with Crippen LogP contribution in [0.1, 0.15) is 30.0 Å². The van der Waals surface area contributed by atoms with E-state index in [1.165, 1.54) is 23.1 Å². The number of nitro benzene ring substituents is 1. The first-order valence-corrected chi connectivity index (χ1v) is 14.7. The molecule has 3 aromatic carbocycles. The Morgan fingerprint density at radius 2 is 1.65 bits per heavy atom. The van der Waals surface area contributed by atoms with E-state index in [0.29, 0.717) is 13.0 Å². The van der Waals surface area contributed by atoms with Crippen LogP contribution in [-0.4, -0.2) is 55.4 Å². The fourth-order valence-corrected chi connectivity index (χ4v) is 5.14. The van der Waals surface area contributed by atoms with E-state index < -0.39 is 33.4 Å². The fourth-order valence-electron chi connectivity index (χ4n) is 4.30. The first-order valence-electron chi connectivity index (χ1n) is 12.9. The molecule has 0 radical (unpaired) electrons. The molecule has 1 N–H and O–H groups in total. The Morgan fingerprint density at radius 3 is 2.27 bits per heavy atom. The molecule has 40 heavy (non-hydrogen) atoms. The van der Waals surface area contributed by atoms with Gasteiger partial charge in [0.05, 0.1) is 16.9 Å². The van der Waals surface area contributed by atoms with E-state index in [0.717, 1.165) is 33.3 Å². The molecule has 2 amide bonds. The standard InChI is InChI=1S/C29H34N4O6S/c1-4-16-30-29(35)27(18-23-11-6-5-7-12-23)31(20-24-13-8-10-22(2)17-24)28(34)21-32(40(3,38)39)25-14-9-15-26(19-25)33(36)37/h5-15,17,19,27H,4,16,18,20-21H2,1-3H3,(H,30,35)/t27-/m0/s1. The van der Waals surface area contributed by atoms with E-state index in [1.54, 1.807) is 0 Å². The summed E-state index contributed by atoms with van der Waals surface area (Å²) in [6.45, 7) is 3.67. The number of sulfonamides is 1. The third kappa shape index (κ3) is 8.37. The predicted octanol–water partition coefficient (Wildman–Crippen LogP) is 3.84. The van der Waals surface area contributed by atoms with Crippen LogP contribution in [0.4, 0.5) is 11.4 Å². The topological polar surface area (TPSA) is 130 Å². The number of hydrogen-bond donors (Lipinski definition) is 1. The maximum absolute atomic E-state index is 14.0. The molecule has 0 bridgehead atoms. The molecule has 3 rings (SSSR count). The van der Waals surface area contributed by atoms with Gasteiger partial charge < -0.3 is 10.2 Å². The number of carbonyl (C=O) groups is 2. The van der Waals surface area contributed by atoms with Gasteiger partial charge in [0, 0.05) is 31.6 Å². The van der Waals surface area contributed by atoms with Crippen LogP contribution in [0.25, 0.3) is 0 Å². The lowest BCUT2D eigenvalue weighted by Crippen LogP contribution is -2.53. The maximum Gasteiger partial charge on any atom is 0.271 e. The molecule has 0 fully saturated rings. The third-order valence-electron chi connectivity index (χ3n) is 6.26. The zero-order chi connectivity index (χ0) is 29.3. The van der Waals surface area contributed by atoms with E-state index in [2.05, 4.69) is 5.32 Å². The molecule has 0 aliphatic carbocycles. The van der Waals surface area contributed by atoms with Gasteiger partial charge in [-0.05, 0) is 30.5 Å². The van der Waals surface area contributed by atoms with Crippen molar-refractivity contribution >= 4 is 33.2 Å². The Morgan fingerprint density at radius 1 is 0.975 bits per heavy atom. The molecule has 0 aliphatic rings. The van der Waals surface area contributed by atoms with Gasteiger partial charge in [-0.15, -0.1) is 0 Å². The number of hydrogen-bond acceptors (Lipinski definition) is 6. The van der Waals surface area contributed by atoms with Crippen LogP contribution in [0.5, 0.6) is 0 Å². The van der Waals surface area contributed by atoms with E-state index in [-0.39, 0.29) is 30.2 Å². The molecule has 0 saturated carbocycles. The lowest BCUT2D eigenvalue weighted by molar-refractivity contribution is -0.384. The van der Waals surface area contributed by atoms with Gasteiger partial charge in [0.1, 0.15) is 12.6 Å². The number of nitrogens with zero attached hydrogens (tertiary/aromatic N) is 3. The number of rotatable bonds is 13. The second-order valence-electron chi connectivity index (χ2n) is 9.55. The zero-order valence-corrected chi connectivity index (χ0v) is 23.6. The van der Waals surface area contributed by atoms with Gasteiger partial charge in [0.2, 0.25) is 21.8 Å². The molecule has 3 aromatic rings. The molecule has 1 atom stereocenters. The zero-order valence-electron chi connectivity index (χ0n) is 22.8. The summed E-state index contributed by atoms with van der Waals surface area (Å²) in [6.07, 6.45) is 1.84. The average Bonchev–Trinajstić information content (AvgIpc) is 2.92. The molecule has 0 spiro atoms. The van der Waals surface area contributed by atoms with Crippen LogP contribution in [0.15, 0.2) is 78.9 Å². The van der Waals surface area contributed by atoms with Crippen molar-refractivity contribution in [2.24, 2.45) is 0 Å².